The van der Waals surface area contributed by atoms with Gasteiger partial charge in [-0.15, -0.1) is 0 Å². The molecule has 2 amide bonds. The lowest BCUT2D eigenvalue weighted by Crippen LogP contribution is -2.51. The van der Waals surface area contributed by atoms with Crippen LogP contribution in [-0.4, -0.2) is 37.6 Å². The van der Waals surface area contributed by atoms with E-state index in [2.05, 4.69) is 16.0 Å². The van der Waals surface area contributed by atoms with Gasteiger partial charge >= 0.3 is 0 Å². The number of piperidine rings is 1. The Morgan fingerprint density at radius 3 is 2.78 bits per heavy atom. The highest BCUT2D eigenvalue weighted by Gasteiger charge is 2.39. The van der Waals surface area contributed by atoms with E-state index in [1.807, 2.05) is 18.2 Å². The third-order valence-electron chi connectivity index (χ3n) is 4.70. The first-order valence-electron chi connectivity index (χ1n) is 8.13. The lowest BCUT2D eigenvalue weighted by Gasteiger charge is -2.34. The largest absolute Gasteiger partial charge is 0.368 e. The molecule has 0 spiro atoms. The Labute approximate surface area is 136 Å². The quantitative estimate of drug-likeness (QED) is 0.792. The van der Waals surface area contributed by atoms with Gasteiger partial charge in [0.25, 0.3) is 5.91 Å². The number of amides is 2. The van der Waals surface area contributed by atoms with Gasteiger partial charge < -0.3 is 20.7 Å². The maximum atomic E-state index is 12.7. The topological polar surface area (TPSA) is 79.5 Å². The Balaban J connectivity index is 1.76. The summed E-state index contributed by atoms with van der Waals surface area (Å²) in [6, 6.07) is 5.63. The van der Waals surface area contributed by atoms with Crippen LogP contribution in [0.4, 0.5) is 11.4 Å². The van der Waals surface area contributed by atoms with Crippen molar-refractivity contribution < 1.29 is 14.3 Å². The van der Waals surface area contributed by atoms with E-state index in [1.165, 1.54) is 0 Å². The van der Waals surface area contributed by atoms with E-state index in [9.17, 15) is 9.59 Å². The molecule has 0 aliphatic carbocycles. The van der Waals surface area contributed by atoms with Gasteiger partial charge in [0.1, 0.15) is 5.60 Å². The van der Waals surface area contributed by atoms with Crippen molar-refractivity contribution in [1.82, 2.24) is 5.32 Å². The number of anilines is 2. The number of carbonyl (C=O) groups excluding carboxylic acids is 2. The SMILES string of the molecule is COC1(C(=O)Nc2ccc3c(c2)CCCC(=O)N3)CCNCC1. The molecule has 124 valence electrons. The number of ether oxygens (including phenoxy) is 1. The standard InChI is InChI=1S/C17H23N3O3/c1-23-17(7-9-18-10-8-17)16(22)19-13-5-6-14-12(11-13)3-2-4-15(21)20-14/h5-6,11,18H,2-4,7-10H2,1H3,(H,19,22)(H,20,21). The van der Waals surface area contributed by atoms with Crippen molar-refractivity contribution in [2.24, 2.45) is 0 Å². The van der Waals surface area contributed by atoms with Gasteiger partial charge in [-0.1, -0.05) is 0 Å². The Bertz CT molecular complexity index is 609. The number of carbonyl (C=O) groups is 2. The summed E-state index contributed by atoms with van der Waals surface area (Å²) in [4.78, 5) is 24.3. The number of methoxy groups -OCH3 is 1. The molecule has 2 aliphatic rings. The van der Waals surface area contributed by atoms with Crippen molar-refractivity contribution in [1.29, 1.82) is 0 Å². The lowest BCUT2D eigenvalue weighted by molar-refractivity contribution is -0.140. The summed E-state index contributed by atoms with van der Waals surface area (Å²) in [6.45, 7) is 1.55. The number of nitrogens with one attached hydrogen (secondary N) is 3. The summed E-state index contributed by atoms with van der Waals surface area (Å²) in [6.07, 6.45) is 3.52. The van der Waals surface area contributed by atoms with Crippen molar-refractivity contribution in [3.05, 3.63) is 23.8 Å². The molecule has 3 rings (SSSR count). The van der Waals surface area contributed by atoms with Gasteiger partial charge in [0.15, 0.2) is 0 Å². The molecular formula is C17H23N3O3. The Kier molecular flexibility index (Phi) is 4.63. The molecule has 0 radical (unpaired) electrons. The maximum Gasteiger partial charge on any atom is 0.256 e. The molecule has 0 saturated carbocycles. The highest BCUT2D eigenvalue weighted by Crippen LogP contribution is 2.28. The van der Waals surface area contributed by atoms with Crippen LogP contribution in [0, 0.1) is 0 Å². The van der Waals surface area contributed by atoms with Crippen LogP contribution < -0.4 is 16.0 Å². The van der Waals surface area contributed by atoms with Crippen molar-refractivity contribution >= 4 is 23.2 Å². The monoisotopic (exact) mass is 317 g/mol. The third-order valence-corrected chi connectivity index (χ3v) is 4.70. The van der Waals surface area contributed by atoms with Gasteiger partial charge in [-0.05, 0) is 62.5 Å². The fourth-order valence-electron chi connectivity index (χ4n) is 3.25. The van der Waals surface area contributed by atoms with E-state index in [-0.39, 0.29) is 11.8 Å². The maximum absolute atomic E-state index is 12.7. The fourth-order valence-corrected chi connectivity index (χ4v) is 3.25. The van der Waals surface area contributed by atoms with Gasteiger partial charge in [0.2, 0.25) is 5.91 Å². The van der Waals surface area contributed by atoms with E-state index in [1.54, 1.807) is 7.11 Å². The zero-order valence-corrected chi connectivity index (χ0v) is 13.4. The highest BCUT2D eigenvalue weighted by molar-refractivity contribution is 5.98. The van der Waals surface area contributed by atoms with E-state index >= 15 is 0 Å². The van der Waals surface area contributed by atoms with Crippen LogP contribution in [0.15, 0.2) is 18.2 Å². The van der Waals surface area contributed by atoms with Crippen LogP contribution in [0.3, 0.4) is 0 Å². The van der Waals surface area contributed by atoms with Gasteiger partial charge in [-0.3, -0.25) is 9.59 Å². The molecule has 6 heteroatoms. The van der Waals surface area contributed by atoms with Crippen LogP contribution in [0.25, 0.3) is 0 Å². The Hall–Kier alpha value is -1.92. The number of hydrogen-bond acceptors (Lipinski definition) is 4. The predicted octanol–water partition coefficient (Wildman–Crippen LogP) is 1.67. The molecule has 2 aliphatic heterocycles. The molecule has 1 saturated heterocycles. The molecule has 6 nitrogen and oxygen atoms in total. The Morgan fingerprint density at radius 1 is 1.26 bits per heavy atom. The van der Waals surface area contributed by atoms with E-state index in [0.29, 0.717) is 19.3 Å². The van der Waals surface area contributed by atoms with Crippen LogP contribution in [-0.2, 0) is 20.7 Å². The van der Waals surface area contributed by atoms with E-state index in [0.717, 1.165) is 42.9 Å². The minimum absolute atomic E-state index is 0.0496. The van der Waals surface area contributed by atoms with E-state index < -0.39 is 5.60 Å². The summed E-state index contributed by atoms with van der Waals surface area (Å²) < 4.78 is 5.55. The predicted molar refractivity (Wildman–Crippen MR) is 88.5 cm³/mol. The normalized spacial score (nSPS) is 20.1. The number of benzene rings is 1. The van der Waals surface area contributed by atoms with Gasteiger partial charge in [-0.25, -0.2) is 0 Å². The molecule has 23 heavy (non-hydrogen) atoms. The van der Waals surface area contributed by atoms with Crippen molar-refractivity contribution in [3.8, 4) is 0 Å². The minimum atomic E-state index is -0.758. The number of rotatable bonds is 3. The lowest BCUT2D eigenvalue weighted by atomic mass is 9.91. The van der Waals surface area contributed by atoms with E-state index in [4.69, 9.17) is 4.74 Å². The molecular weight excluding hydrogens is 294 g/mol. The Morgan fingerprint density at radius 2 is 2.04 bits per heavy atom. The fraction of sp³-hybridized carbons (Fsp3) is 0.529. The van der Waals surface area contributed by atoms with Crippen LogP contribution in [0.2, 0.25) is 0 Å². The first-order chi connectivity index (χ1) is 11.1. The second kappa shape index (κ2) is 6.68. The number of hydrogen-bond donors (Lipinski definition) is 3. The molecule has 3 N–H and O–H groups in total. The highest BCUT2D eigenvalue weighted by atomic mass is 16.5. The summed E-state index contributed by atoms with van der Waals surface area (Å²) in [7, 11) is 1.59. The van der Waals surface area contributed by atoms with Crippen LogP contribution in [0.1, 0.15) is 31.2 Å². The van der Waals surface area contributed by atoms with Crippen LogP contribution in [0.5, 0.6) is 0 Å². The molecule has 1 aromatic carbocycles. The second-order valence-electron chi connectivity index (χ2n) is 6.18. The molecule has 0 unspecified atom stereocenters. The van der Waals surface area contributed by atoms with Gasteiger partial charge in [0, 0.05) is 24.9 Å². The first kappa shape index (κ1) is 16.0. The first-order valence-corrected chi connectivity index (χ1v) is 8.13. The molecule has 0 bridgehead atoms. The van der Waals surface area contributed by atoms with Gasteiger partial charge in [0.05, 0.1) is 0 Å². The summed E-state index contributed by atoms with van der Waals surface area (Å²) in [5.41, 5.74) is 1.89. The molecule has 2 heterocycles. The van der Waals surface area contributed by atoms with Crippen molar-refractivity contribution in [2.75, 3.05) is 30.8 Å². The second-order valence-corrected chi connectivity index (χ2v) is 6.18. The van der Waals surface area contributed by atoms with Gasteiger partial charge in [-0.2, -0.15) is 0 Å². The number of aryl methyl sites for hydroxylation is 1. The number of fused-ring (bicyclic) bond motifs is 1. The molecule has 0 atom stereocenters. The zero-order chi connectivity index (χ0) is 16.3. The van der Waals surface area contributed by atoms with Crippen molar-refractivity contribution in [2.45, 2.75) is 37.7 Å². The molecule has 1 fully saturated rings. The average molecular weight is 317 g/mol. The average Bonchev–Trinajstić information content (AvgIpc) is 2.75. The third kappa shape index (κ3) is 3.38. The summed E-state index contributed by atoms with van der Waals surface area (Å²) in [5.74, 6) is -0.0484. The molecule has 0 aromatic heterocycles. The zero-order valence-electron chi connectivity index (χ0n) is 13.4. The summed E-state index contributed by atoms with van der Waals surface area (Å²) in [5, 5.41) is 9.13. The summed E-state index contributed by atoms with van der Waals surface area (Å²) >= 11 is 0. The smallest absolute Gasteiger partial charge is 0.256 e. The minimum Gasteiger partial charge on any atom is -0.368 e. The van der Waals surface area contributed by atoms with Crippen molar-refractivity contribution in [3.63, 3.8) is 0 Å². The van der Waals surface area contributed by atoms with Crippen LogP contribution >= 0.6 is 0 Å². The molecule has 1 aromatic rings.